The fourth-order valence-electron chi connectivity index (χ4n) is 3.33. The van der Waals surface area contributed by atoms with E-state index in [-0.39, 0.29) is 6.04 Å². The zero-order valence-electron chi connectivity index (χ0n) is 15.0. The average molecular weight is 344 g/mol. The molecule has 2 aromatic heterocycles. The minimum atomic E-state index is -0.0884. The third-order valence-corrected chi connectivity index (χ3v) is 4.49. The first-order chi connectivity index (χ1) is 12.6. The van der Waals surface area contributed by atoms with E-state index in [1.165, 1.54) is 11.1 Å². The molecular formula is C20H20N6. The van der Waals surface area contributed by atoms with Gasteiger partial charge in [-0.25, -0.2) is 4.98 Å². The van der Waals surface area contributed by atoms with E-state index >= 15 is 0 Å². The van der Waals surface area contributed by atoms with Gasteiger partial charge in [-0.2, -0.15) is 5.21 Å². The zero-order chi connectivity index (χ0) is 18.1. The third kappa shape index (κ3) is 2.90. The van der Waals surface area contributed by atoms with Crippen molar-refractivity contribution in [2.75, 3.05) is 0 Å². The van der Waals surface area contributed by atoms with Crippen LogP contribution in [0.2, 0.25) is 0 Å². The molecule has 130 valence electrons. The summed E-state index contributed by atoms with van der Waals surface area (Å²) in [7, 11) is 0. The maximum atomic E-state index is 4.73. The number of H-pyrrole nitrogens is 1. The van der Waals surface area contributed by atoms with E-state index in [1.807, 2.05) is 31.5 Å². The Labute approximate surface area is 151 Å². The van der Waals surface area contributed by atoms with E-state index in [0.717, 1.165) is 22.5 Å². The van der Waals surface area contributed by atoms with Crippen LogP contribution in [-0.4, -0.2) is 30.2 Å². The fourth-order valence-corrected chi connectivity index (χ4v) is 3.33. The molecule has 2 aromatic carbocycles. The largest absolute Gasteiger partial charge is 0.319 e. The minimum Gasteiger partial charge on any atom is -0.319 e. The van der Waals surface area contributed by atoms with Gasteiger partial charge in [-0.15, -0.1) is 10.2 Å². The number of nitrogens with one attached hydrogen (secondary N) is 1. The molecule has 4 aromatic rings. The summed E-state index contributed by atoms with van der Waals surface area (Å²) >= 11 is 0. The maximum absolute atomic E-state index is 4.73. The van der Waals surface area contributed by atoms with Crippen molar-refractivity contribution in [2.45, 2.75) is 26.8 Å². The molecule has 0 bridgehead atoms. The average Bonchev–Trinajstić information content (AvgIpc) is 3.31. The number of benzene rings is 2. The molecule has 0 radical (unpaired) electrons. The molecule has 0 amide bonds. The molecule has 0 aliphatic heterocycles. The summed E-state index contributed by atoms with van der Waals surface area (Å²) in [5.41, 5.74) is 6.67. The molecule has 0 spiro atoms. The Morgan fingerprint density at radius 1 is 0.962 bits per heavy atom. The topological polar surface area (TPSA) is 72.3 Å². The Balaban J connectivity index is 1.94. The van der Waals surface area contributed by atoms with Gasteiger partial charge < -0.3 is 4.57 Å². The first-order valence-electron chi connectivity index (χ1n) is 8.57. The number of rotatable bonds is 4. The first-order valence-corrected chi connectivity index (χ1v) is 8.57. The molecule has 4 rings (SSSR count). The lowest BCUT2D eigenvalue weighted by atomic mass is 10.0. The van der Waals surface area contributed by atoms with Crippen molar-refractivity contribution in [3.05, 3.63) is 71.8 Å². The Kier molecular flexibility index (Phi) is 4.08. The van der Waals surface area contributed by atoms with Gasteiger partial charge in [0, 0.05) is 11.1 Å². The Bertz CT molecular complexity index is 998. The van der Waals surface area contributed by atoms with Crippen molar-refractivity contribution in [1.82, 2.24) is 30.2 Å². The van der Waals surface area contributed by atoms with Crippen LogP contribution in [0.1, 0.15) is 29.9 Å². The Morgan fingerprint density at radius 2 is 1.69 bits per heavy atom. The Morgan fingerprint density at radius 3 is 2.35 bits per heavy atom. The standard InChI is InChI=1S/C20H20N6/c1-13-9-14(2)11-17(10-13)19-18(16-7-5-4-6-8-16)21-12-26(19)15(3)20-22-24-25-23-20/h4-12,15H,1-3H3,(H,22,23,24,25)/t15-/m1/s1. The van der Waals surface area contributed by atoms with Crippen LogP contribution in [0.4, 0.5) is 0 Å². The number of hydrogen-bond donors (Lipinski definition) is 1. The molecule has 0 saturated carbocycles. The second-order valence-corrected chi connectivity index (χ2v) is 6.54. The highest BCUT2D eigenvalue weighted by Gasteiger charge is 2.21. The van der Waals surface area contributed by atoms with Gasteiger partial charge in [0.15, 0.2) is 5.82 Å². The zero-order valence-corrected chi connectivity index (χ0v) is 15.0. The molecule has 6 nitrogen and oxygen atoms in total. The number of aromatic amines is 1. The molecule has 0 fully saturated rings. The van der Waals surface area contributed by atoms with Crippen molar-refractivity contribution >= 4 is 0 Å². The van der Waals surface area contributed by atoms with Crippen LogP contribution in [0.15, 0.2) is 54.9 Å². The van der Waals surface area contributed by atoms with Crippen molar-refractivity contribution in [1.29, 1.82) is 0 Å². The van der Waals surface area contributed by atoms with Gasteiger partial charge in [0.2, 0.25) is 0 Å². The molecule has 1 N–H and O–H groups in total. The summed E-state index contributed by atoms with van der Waals surface area (Å²) in [5, 5.41) is 14.5. The fraction of sp³-hybridized carbons (Fsp3) is 0.200. The first kappa shape index (κ1) is 16.2. The van der Waals surface area contributed by atoms with Crippen LogP contribution in [0.3, 0.4) is 0 Å². The van der Waals surface area contributed by atoms with Gasteiger partial charge in [0.1, 0.15) is 0 Å². The number of imidazole rings is 1. The van der Waals surface area contributed by atoms with E-state index in [9.17, 15) is 0 Å². The molecule has 1 atom stereocenters. The second kappa shape index (κ2) is 6.55. The smallest absolute Gasteiger partial charge is 0.197 e. The molecule has 2 heterocycles. The number of hydrogen-bond acceptors (Lipinski definition) is 4. The van der Waals surface area contributed by atoms with E-state index in [0.29, 0.717) is 5.82 Å². The van der Waals surface area contributed by atoms with Crippen LogP contribution in [0.25, 0.3) is 22.5 Å². The van der Waals surface area contributed by atoms with Crippen molar-refractivity contribution in [3.63, 3.8) is 0 Å². The van der Waals surface area contributed by atoms with Crippen LogP contribution >= 0.6 is 0 Å². The predicted octanol–water partition coefficient (Wildman–Crippen LogP) is 3.96. The van der Waals surface area contributed by atoms with Crippen LogP contribution in [-0.2, 0) is 0 Å². The third-order valence-electron chi connectivity index (χ3n) is 4.49. The normalized spacial score (nSPS) is 12.3. The molecule has 0 saturated heterocycles. The second-order valence-electron chi connectivity index (χ2n) is 6.54. The van der Waals surface area contributed by atoms with E-state index in [4.69, 9.17) is 4.98 Å². The molecular weight excluding hydrogens is 324 g/mol. The molecule has 0 unspecified atom stereocenters. The summed E-state index contributed by atoms with van der Waals surface area (Å²) in [6.45, 7) is 6.28. The van der Waals surface area contributed by atoms with Gasteiger partial charge in [-0.3, -0.25) is 0 Å². The quantitative estimate of drug-likeness (QED) is 0.608. The van der Waals surface area contributed by atoms with Crippen molar-refractivity contribution in [3.8, 4) is 22.5 Å². The predicted molar refractivity (Wildman–Crippen MR) is 101 cm³/mol. The van der Waals surface area contributed by atoms with Gasteiger partial charge in [0.05, 0.1) is 23.8 Å². The lowest BCUT2D eigenvalue weighted by Crippen LogP contribution is -2.09. The van der Waals surface area contributed by atoms with Gasteiger partial charge in [-0.1, -0.05) is 52.7 Å². The van der Waals surface area contributed by atoms with E-state index < -0.39 is 0 Å². The molecule has 26 heavy (non-hydrogen) atoms. The SMILES string of the molecule is Cc1cc(C)cc(-c2c(-c3ccccc3)ncn2[C@H](C)c2nn[nH]n2)c1. The number of tetrazole rings is 1. The van der Waals surface area contributed by atoms with Gasteiger partial charge in [-0.05, 0) is 32.9 Å². The monoisotopic (exact) mass is 344 g/mol. The van der Waals surface area contributed by atoms with Gasteiger partial charge in [0.25, 0.3) is 0 Å². The summed E-state index contributed by atoms with van der Waals surface area (Å²) in [6, 6.07) is 16.7. The van der Waals surface area contributed by atoms with Crippen LogP contribution in [0, 0.1) is 13.8 Å². The summed E-state index contributed by atoms with van der Waals surface area (Å²) in [4.78, 5) is 4.73. The highest BCUT2D eigenvalue weighted by atomic mass is 15.5. The maximum Gasteiger partial charge on any atom is 0.197 e. The summed E-state index contributed by atoms with van der Waals surface area (Å²) < 4.78 is 2.11. The highest BCUT2D eigenvalue weighted by Crippen LogP contribution is 2.35. The van der Waals surface area contributed by atoms with Crippen LogP contribution < -0.4 is 0 Å². The summed E-state index contributed by atoms with van der Waals surface area (Å²) in [5.74, 6) is 0.632. The highest BCUT2D eigenvalue weighted by molar-refractivity contribution is 5.79. The minimum absolute atomic E-state index is 0.0884. The van der Waals surface area contributed by atoms with E-state index in [2.05, 4.69) is 69.4 Å². The number of nitrogens with zero attached hydrogens (tertiary/aromatic N) is 5. The molecule has 0 aliphatic carbocycles. The Hall–Kier alpha value is -3.28. The summed E-state index contributed by atoms with van der Waals surface area (Å²) in [6.07, 6.45) is 1.86. The van der Waals surface area contributed by atoms with E-state index in [1.54, 1.807) is 0 Å². The van der Waals surface area contributed by atoms with Crippen molar-refractivity contribution < 1.29 is 0 Å². The number of aromatic nitrogens is 6. The number of aryl methyl sites for hydroxylation is 2. The lowest BCUT2D eigenvalue weighted by Gasteiger charge is -2.16. The molecule has 0 aliphatic rings. The lowest BCUT2D eigenvalue weighted by molar-refractivity contribution is 0.605. The van der Waals surface area contributed by atoms with Gasteiger partial charge >= 0.3 is 0 Å². The van der Waals surface area contributed by atoms with Crippen LogP contribution in [0.5, 0.6) is 0 Å². The molecule has 6 heteroatoms. The van der Waals surface area contributed by atoms with Crippen molar-refractivity contribution in [2.24, 2.45) is 0 Å².